The van der Waals surface area contributed by atoms with Crippen molar-refractivity contribution in [3.63, 3.8) is 0 Å². The van der Waals surface area contributed by atoms with Crippen LogP contribution in [0, 0.1) is 6.92 Å². The number of aromatic nitrogens is 2. The lowest BCUT2D eigenvalue weighted by atomic mass is 10.0. The number of aromatic carboxylic acids is 2. The molecule has 3 aromatic rings. The predicted molar refractivity (Wildman–Crippen MR) is 91.9 cm³/mol. The lowest BCUT2D eigenvalue weighted by Crippen LogP contribution is -2.12. The first-order chi connectivity index (χ1) is 12.0. The van der Waals surface area contributed by atoms with E-state index >= 15 is 0 Å². The molecule has 0 radical (unpaired) electrons. The maximum atomic E-state index is 12.0. The Bertz CT molecular complexity index is 931. The van der Waals surface area contributed by atoms with E-state index in [4.69, 9.17) is 0 Å². The number of nitrogens with zero attached hydrogens (tertiary/aromatic N) is 2. The van der Waals surface area contributed by atoms with Crippen molar-refractivity contribution in [2.45, 2.75) is 13.5 Å². The van der Waals surface area contributed by atoms with E-state index in [0.29, 0.717) is 17.0 Å². The number of carboxylic acid groups (broad SMARTS) is 2. The molecule has 6 nitrogen and oxygen atoms in total. The van der Waals surface area contributed by atoms with Gasteiger partial charge in [0.25, 0.3) is 0 Å². The van der Waals surface area contributed by atoms with E-state index in [9.17, 15) is 19.8 Å². The van der Waals surface area contributed by atoms with Gasteiger partial charge < -0.3 is 14.8 Å². The summed E-state index contributed by atoms with van der Waals surface area (Å²) in [6.07, 6.45) is 1.62. The zero-order chi connectivity index (χ0) is 18.0. The summed E-state index contributed by atoms with van der Waals surface area (Å²) in [6.45, 7) is 1.80. The van der Waals surface area contributed by atoms with E-state index in [-0.39, 0.29) is 23.4 Å². The Morgan fingerprint density at radius 1 is 1.00 bits per heavy atom. The molecule has 1 aromatic carbocycles. The van der Waals surface area contributed by atoms with Crippen molar-refractivity contribution in [3.8, 4) is 11.1 Å². The van der Waals surface area contributed by atoms with Crippen LogP contribution in [0.15, 0.2) is 54.7 Å². The molecule has 6 heteroatoms. The molecule has 0 spiro atoms. The molecule has 2 N–H and O–H groups in total. The van der Waals surface area contributed by atoms with E-state index in [1.165, 1.54) is 4.57 Å². The van der Waals surface area contributed by atoms with Crippen molar-refractivity contribution < 1.29 is 19.8 Å². The van der Waals surface area contributed by atoms with Crippen LogP contribution in [-0.4, -0.2) is 31.7 Å². The van der Waals surface area contributed by atoms with Crippen molar-refractivity contribution in [1.82, 2.24) is 9.55 Å². The largest absolute Gasteiger partial charge is 0.478 e. The smallest absolute Gasteiger partial charge is 0.353 e. The van der Waals surface area contributed by atoms with Crippen LogP contribution in [0.25, 0.3) is 11.1 Å². The van der Waals surface area contributed by atoms with Crippen LogP contribution in [0.4, 0.5) is 0 Å². The first-order valence-corrected chi connectivity index (χ1v) is 7.65. The minimum absolute atomic E-state index is 0.000434. The Kier molecular flexibility index (Phi) is 4.35. The van der Waals surface area contributed by atoms with Gasteiger partial charge in [0.05, 0.1) is 17.8 Å². The minimum Gasteiger partial charge on any atom is -0.478 e. The number of pyridine rings is 1. The molecular formula is C19H16N2O4. The van der Waals surface area contributed by atoms with Crippen molar-refractivity contribution in [1.29, 1.82) is 0 Å². The standard InChI is InChI=1S/C19H16N2O4/c1-12-15(18(22)23)16(13-7-3-2-4-8-13)17(19(24)25)21(12)11-14-9-5-6-10-20-14/h2-10H,11H2,1H3,(H,22,23)(H,24,25). The van der Waals surface area contributed by atoms with Crippen LogP contribution < -0.4 is 0 Å². The highest BCUT2D eigenvalue weighted by Crippen LogP contribution is 2.33. The van der Waals surface area contributed by atoms with Crippen LogP contribution >= 0.6 is 0 Å². The number of benzene rings is 1. The molecule has 0 unspecified atom stereocenters. The molecule has 0 fully saturated rings. The Morgan fingerprint density at radius 2 is 1.68 bits per heavy atom. The van der Waals surface area contributed by atoms with E-state index in [2.05, 4.69) is 4.98 Å². The fourth-order valence-electron chi connectivity index (χ4n) is 2.96. The molecule has 0 amide bonds. The third kappa shape index (κ3) is 3.01. The summed E-state index contributed by atoms with van der Waals surface area (Å²) in [5.41, 5.74) is 1.76. The Balaban J connectivity index is 2.29. The van der Waals surface area contributed by atoms with Gasteiger partial charge >= 0.3 is 11.9 Å². The van der Waals surface area contributed by atoms with Gasteiger partial charge in [0.2, 0.25) is 0 Å². The average Bonchev–Trinajstić information content (AvgIpc) is 2.89. The predicted octanol–water partition coefficient (Wildman–Crippen LogP) is 3.30. The van der Waals surface area contributed by atoms with E-state index < -0.39 is 11.9 Å². The van der Waals surface area contributed by atoms with Crippen LogP contribution in [0.1, 0.15) is 32.2 Å². The normalized spacial score (nSPS) is 10.6. The van der Waals surface area contributed by atoms with Gasteiger partial charge in [-0.2, -0.15) is 0 Å². The Labute approximate surface area is 144 Å². The van der Waals surface area contributed by atoms with Crippen LogP contribution in [0.3, 0.4) is 0 Å². The van der Waals surface area contributed by atoms with Gasteiger partial charge in [0.1, 0.15) is 5.69 Å². The molecular weight excluding hydrogens is 320 g/mol. The highest BCUT2D eigenvalue weighted by molar-refractivity contribution is 6.05. The lowest BCUT2D eigenvalue weighted by molar-refractivity contribution is 0.0682. The van der Waals surface area contributed by atoms with Crippen LogP contribution in [-0.2, 0) is 6.54 Å². The first-order valence-electron chi connectivity index (χ1n) is 7.65. The summed E-state index contributed by atoms with van der Waals surface area (Å²) in [7, 11) is 0. The van der Waals surface area contributed by atoms with Crippen molar-refractivity contribution in [2.75, 3.05) is 0 Å². The second-order valence-corrected chi connectivity index (χ2v) is 5.57. The molecule has 126 valence electrons. The van der Waals surface area contributed by atoms with E-state index in [0.717, 1.165) is 0 Å². The van der Waals surface area contributed by atoms with Crippen molar-refractivity contribution >= 4 is 11.9 Å². The molecule has 25 heavy (non-hydrogen) atoms. The van der Waals surface area contributed by atoms with Gasteiger partial charge in [-0.1, -0.05) is 36.4 Å². The van der Waals surface area contributed by atoms with Gasteiger partial charge in [-0.3, -0.25) is 4.98 Å². The molecule has 0 aliphatic heterocycles. The molecule has 0 aliphatic rings. The molecule has 2 aromatic heterocycles. The summed E-state index contributed by atoms with van der Waals surface area (Å²) >= 11 is 0. The molecule has 2 heterocycles. The maximum absolute atomic E-state index is 12.0. The van der Waals surface area contributed by atoms with E-state index in [1.807, 2.05) is 0 Å². The topological polar surface area (TPSA) is 92.4 Å². The third-order valence-electron chi connectivity index (χ3n) is 4.05. The molecule has 0 saturated heterocycles. The summed E-state index contributed by atoms with van der Waals surface area (Å²) in [4.78, 5) is 28.0. The summed E-state index contributed by atoms with van der Waals surface area (Å²) in [5, 5.41) is 19.4. The van der Waals surface area contributed by atoms with Gasteiger partial charge in [-0.25, -0.2) is 9.59 Å². The quantitative estimate of drug-likeness (QED) is 0.746. The zero-order valence-electron chi connectivity index (χ0n) is 13.5. The fourth-order valence-corrected chi connectivity index (χ4v) is 2.96. The maximum Gasteiger partial charge on any atom is 0.353 e. The molecule has 3 rings (SSSR count). The number of hydrogen-bond donors (Lipinski definition) is 2. The van der Waals surface area contributed by atoms with Gasteiger partial charge in [0.15, 0.2) is 0 Å². The molecule has 0 aliphatic carbocycles. The first kappa shape index (κ1) is 16.4. The van der Waals surface area contributed by atoms with Gasteiger partial charge in [-0.05, 0) is 24.6 Å². The summed E-state index contributed by atoms with van der Waals surface area (Å²) in [6, 6.07) is 14.0. The summed E-state index contributed by atoms with van der Waals surface area (Å²) < 4.78 is 1.50. The number of carboxylic acids is 2. The zero-order valence-corrected chi connectivity index (χ0v) is 13.5. The number of carbonyl (C=O) groups is 2. The molecule has 0 atom stereocenters. The third-order valence-corrected chi connectivity index (χ3v) is 4.05. The summed E-state index contributed by atoms with van der Waals surface area (Å²) in [5.74, 6) is -2.33. The van der Waals surface area contributed by atoms with Crippen molar-refractivity contribution in [3.05, 3.63) is 77.4 Å². The van der Waals surface area contributed by atoms with Crippen LogP contribution in [0.5, 0.6) is 0 Å². The average molecular weight is 336 g/mol. The lowest BCUT2D eigenvalue weighted by Gasteiger charge is -2.09. The van der Waals surface area contributed by atoms with Gasteiger partial charge in [0, 0.05) is 17.5 Å². The Hall–Kier alpha value is -3.41. The number of hydrogen-bond acceptors (Lipinski definition) is 3. The van der Waals surface area contributed by atoms with Gasteiger partial charge in [-0.15, -0.1) is 0 Å². The molecule has 0 saturated carbocycles. The number of rotatable bonds is 5. The second kappa shape index (κ2) is 6.60. The minimum atomic E-state index is -1.18. The monoisotopic (exact) mass is 336 g/mol. The Morgan fingerprint density at radius 3 is 2.24 bits per heavy atom. The highest BCUT2D eigenvalue weighted by atomic mass is 16.4. The van der Waals surface area contributed by atoms with E-state index in [1.54, 1.807) is 61.7 Å². The fraction of sp³-hybridized carbons (Fsp3) is 0.105. The second-order valence-electron chi connectivity index (χ2n) is 5.57. The van der Waals surface area contributed by atoms with Crippen molar-refractivity contribution in [2.24, 2.45) is 0 Å². The van der Waals surface area contributed by atoms with Crippen LogP contribution in [0.2, 0.25) is 0 Å². The highest BCUT2D eigenvalue weighted by Gasteiger charge is 2.29. The molecule has 0 bridgehead atoms. The SMILES string of the molecule is Cc1c(C(=O)O)c(-c2ccccc2)c(C(=O)O)n1Cc1ccccn1.